The molecular formula is C20H21NO6. The number of ketones is 1. The summed E-state index contributed by atoms with van der Waals surface area (Å²) in [6.07, 6.45) is 1.46. The maximum Gasteiger partial charge on any atom is 0.294 e. The number of ether oxygens (including phenoxy) is 2. The summed E-state index contributed by atoms with van der Waals surface area (Å²) in [5.41, 5.74) is 0.433. The number of Topliss-reactive ketones (excluding diaryl/α,β-unsaturated/α-hetero) is 1. The number of hydrogen-bond acceptors (Lipinski definition) is 6. The molecule has 3 rings (SSSR count). The first-order valence-electron chi connectivity index (χ1n) is 8.46. The van der Waals surface area contributed by atoms with Gasteiger partial charge in [-0.25, -0.2) is 0 Å². The number of nitrogens with zero attached hydrogens (tertiary/aromatic N) is 1. The third-order valence-corrected chi connectivity index (χ3v) is 4.43. The molecule has 1 N–H and O–H groups in total. The fourth-order valence-electron chi connectivity index (χ4n) is 3.08. The van der Waals surface area contributed by atoms with Crippen LogP contribution in [0.4, 0.5) is 5.69 Å². The van der Waals surface area contributed by atoms with Crippen molar-refractivity contribution in [1.29, 1.82) is 0 Å². The van der Waals surface area contributed by atoms with E-state index in [0.29, 0.717) is 22.9 Å². The van der Waals surface area contributed by atoms with Gasteiger partial charge in [-0.15, -0.1) is 0 Å². The highest BCUT2D eigenvalue weighted by Gasteiger charge is 2.46. The van der Waals surface area contributed by atoms with Crippen LogP contribution in [0.3, 0.4) is 0 Å². The van der Waals surface area contributed by atoms with E-state index in [-0.39, 0.29) is 11.4 Å². The van der Waals surface area contributed by atoms with Crippen LogP contribution in [0, 0.1) is 5.92 Å². The highest BCUT2D eigenvalue weighted by molar-refractivity contribution is 6.16. The van der Waals surface area contributed by atoms with Crippen molar-refractivity contribution in [3.05, 3.63) is 53.7 Å². The molecule has 1 atom stereocenters. The zero-order valence-electron chi connectivity index (χ0n) is 15.6. The first-order valence-corrected chi connectivity index (χ1v) is 8.46. The van der Waals surface area contributed by atoms with E-state index >= 15 is 0 Å². The Labute approximate surface area is 156 Å². The standard InChI is InChI=1S/C20H21NO6/c1-11(2)18(22)16-17(15-6-5-7-27-15)21(20(24)19(16)23)12-8-13(25-3)10-14(9-12)26-4/h5-11,17,23H,1-4H3. The largest absolute Gasteiger partial charge is 0.503 e. The lowest BCUT2D eigenvalue weighted by Gasteiger charge is -2.26. The number of rotatable bonds is 6. The van der Waals surface area contributed by atoms with Gasteiger partial charge in [0.1, 0.15) is 23.3 Å². The van der Waals surface area contributed by atoms with E-state index in [1.165, 1.54) is 25.4 Å². The molecule has 0 fully saturated rings. The van der Waals surface area contributed by atoms with Crippen molar-refractivity contribution in [1.82, 2.24) is 0 Å². The Kier molecular flexibility index (Phi) is 4.94. The summed E-state index contributed by atoms with van der Waals surface area (Å²) < 4.78 is 16.0. The van der Waals surface area contributed by atoms with Crippen molar-refractivity contribution >= 4 is 17.4 Å². The molecular weight excluding hydrogens is 350 g/mol. The van der Waals surface area contributed by atoms with Crippen molar-refractivity contribution in [2.24, 2.45) is 5.92 Å². The molecule has 1 aromatic carbocycles. The van der Waals surface area contributed by atoms with Gasteiger partial charge in [-0.1, -0.05) is 13.8 Å². The van der Waals surface area contributed by atoms with Crippen LogP contribution in [0.5, 0.6) is 11.5 Å². The number of hydrogen-bond donors (Lipinski definition) is 1. The summed E-state index contributed by atoms with van der Waals surface area (Å²) in [5.74, 6) is -0.658. The Morgan fingerprint density at radius 3 is 2.30 bits per heavy atom. The third-order valence-electron chi connectivity index (χ3n) is 4.43. The number of carbonyl (C=O) groups is 2. The number of methoxy groups -OCH3 is 2. The van der Waals surface area contributed by atoms with Crippen LogP contribution in [0.25, 0.3) is 0 Å². The molecule has 1 amide bonds. The van der Waals surface area contributed by atoms with Crippen LogP contribution in [0.15, 0.2) is 52.3 Å². The lowest BCUT2D eigenvalue weighted by atomic mass is 9.94. The van der Waals surface area contributed by atoms with Crippen LogP contribution >= 0.6 is 0 Å². The molecule has 1 aromatic heterocycles. The van der Waals surface area contributed by atoms with Gasteiger partial charge in [-0.3, -0.25) is 14.5 Å². The van der Waals surface area contributed by atoms with Gasteiger partial charge >= 0.3 is 0 Å². The molecule has 27 heavy (non-hydrogen) atoms. The first-order chi connectivity index (χ1) is 12.9. The SMILES string of the molecule is COc1cc(OC)cc(N2C(=O)C(O)=C(C(=O)C(C)C)C2c2ccco2)c1. The maximum absolute atomic E-state index is 12.9. The third kappa shape index (κ3) is 3.16. The summed E-state index contributed by atoms with van der Waals surface area (Å²) in [5, 5.41) is 10.5. The zero-order chi connectivity index (χ0) is 19.7. The van der Waals surface area contributed by atoms with Gasteiger partial charge in [-0.05, 0) is 12.1 Å². The smallest absolute Gasteiger partial charge is 0.294 e. The number of amides is 1. The van der Waals surface area contributed by atoms with Gasteiger partial charge < -0.3 is 19.0 Å². The predicted molar refractivity (Wildman–Crippen MR) is 98.0 cm³/mol. The minimum absolute atomic E-state index is 0.0201. The van der Waals surface area contributed by atoms with Gasteiger partial charge in [-0.2, -0.15) is 0 Å². The number of furan rings is 1. The molecule has 7 nitrogen and oxygen atoms in total. The average Bonchev–Trinajstić information content (AvgIpc) is 3.28. The Morgan fingerprint density at radius 2 is 1.81 bits per heavy atom. The zero-order valence-corrected chi connectivity index (χ0v) is 15.6. The molecule has 0 aliphatic carbocycles. The summed E-state index contributed by atoms with van der Waals surface area (Å²) in [6, 6.07) is 7.38. The van der Waals surface area contributed by atoms with E-state index in [1.54, 1.807) is 44.2 Å². The topological polar surface area (TPSA) is 89.2 Å². The van der Waals surface area contributed by atoms with Crippen LogP contribution in [-0.4, -0.2) is 31.0 Å². The highest BCUT2D eigenvalue weighted by Crippen LogP contribution is 2.43. The Morgan fingerprint density at radius 1 is 1.19 bits per heavy atom. The number of aliphatic hydroxyl groups is 1. The lowest BCUT2D eigenvalue weighted by Crippen LogP contribution is -2.31. The fraction of sp³-hybridized carbons (Fsp3) is 0.300. The van der Waals surface area contributed by atoms with E-state index in [2.05, 4.69) is 0 Å². The van der Waals surface area contributed by atoms with E-state index in [4.69, 9.17) is 13.9 Å². The monoisotopic (exact) mass is 371 g/mol. The van der Waals surface area contributed by atoms with Gasteiger partial charge in [0.25, 0.3) is 5.91 Å². The van der Waals surface area contributed by atoms with E-state index < -0.39 is 23.6 Å². The molecule has 0 bridgehead atoms. The van der Waals surface area contributed by atoms with Gasteiger partial charge in [0.2, 0.25) is 0 Å². The van der Waals surface area contributed by atoms with Crippen molar-refractivity contribution in [3.63, 3.8) is 0 Å². The molecule has 1 aliphatic heterocycles. The molecule has 142 valence electrons. The molecule has 0 radical (unpaired) electrons. The second-order valence-corrected chi connectivity index (χ2v) is 6.45. The Hall–Kier alpha value is -3.22. The first kappa shape index (κ1) is 18.6. The maximum atomic E-state index is 12.9. The van der Waals surface area contributed by atoms with Crippen LogP contribution < -0.4 is 14.4 Å². The number of benzene rings is 1. The van der Waals surface area contributed by atoms with Crippen molar-refractivity contribution in [3.8, 4) is 11.5 Å². The van der Waals surface area contributed by atoms with E-state index in [1.807, 2.05) is 0 Å². The van der Waals surface area contributed by atoms with Gasteiger partial charge in [0, 0.05) is 24.1 Å². The second kappa shape index (κ2) is 7.19. The second-order valence-electron chi connectivity index (χ2n) is 6.45. The highest BCUT2D eigenvalue weighted by atomic mass is 16.5. The summed E-state index contributed by atoms with van der Waals surface area (Å²) in [4.78, 5) is 26.9. The van der Waals surface area contributed by atoms with Crippen molar-refractivity contribution in [2.75, 3.05) is 19.1 Å². The molecule has 0 spiro atoms. The number of aliphatic hydroxyl groups excluding tert-OH is 1. The summed E-state index contributed by atoms with van der Waals surface area (Å²) in [6.45, 7) is 3.42. The molecule has 1 aliphatic rings. The Balaban J connectivity index is 2.18. The van der Waals surface area contributed by atoms with Gasteiger partial charge in [0.15, 0.2) is 11.5 Å². The Bertz CT molecular complexity index is 875. The molecule has 1 unspecified atom stereocenters. The fourth-order valence-corrected chi connectivity index (χ4v) is 3.08. The number of anilines is 1. The van der Waals surface area contributed by atoms with E-state index in [9.17, 15) is 14.7 Å². The molecule has 2 heterocycles. The van der Waals surface area contributed by atoms with Gasteiger partial charge in [0.05, 0.1) is 31.7 Å². The van der Waals surface area contributed by atoms with Crippen LogP contribution in [-0.2, 0) is 9.59 Å². The minimum Gasteiger partial charge on any atom is -0.503 e. The summed E-state index contributed by atoms with van der Waals surface area (Å²) >= 11 is 0. The molecule has 2 aromatic rings. The van der Waals surface area contributed by atoms with Crippen LogP contribution in [0.2, 0.25) is 0 Å². The van der Waals surface area contributed by atoms with E-state index in [0.717, 1.165) is 0 Å². The van der Waals surface area contributed by atoms with Crippen molar-refractivity contribution < 1.29 is 28.6 Å². The normalized spacial score (nSPS) is 17.0. The molecule has 0 saturated heterocycles. The quantitative estimate of drug-likeness (QED) is 0.837. The molecule has 0 saturated carbocycles. The molecule has 7 heteroatoms. The minimum atomic E-state index is -0.876. The predicted octanol–water partition coefficient (Wildman–Crippen LogP) is 3.42. The van der Waals surface area contributed by atoms with Crippen LogP contribution in [0.1, 0.15) is 25.6 Å². The van der Waals surface area contributed by atoms with Crippen molar-refractivity contribution in [2.45, 2.75) is 19.9 Å². The average molecular weight is 371 g/mol. The number of carbonyl (C=O) groups excluding carboxylic acids is 2. The lowest BCUT2D eigenvalue weighted by molar-refractivity contribution is -0.119. The summed E-state index contributed by atoms with van der Waals surface area (Å²) in [7, 11) is 3.00.